The largest absolute Gasteiger partial charge is 0.379 e. The van der Waals surface area contributed by atoms with E-state index in [1.165, 1.54) is 11.4 Å². The van der Waals surface area contributed by atoms with Crippen molar-refractivity contribution in [3.05, 3.63) is 16.1 Å². The van der Waals surface area contributed by atoms with Gasteiger partial charge in [-0.25, -0.2) is 4.98 Å². The van der Waals surface area contributed by atoms with Gasteiger partial charge >= 0.3 is 0 Å². The molecular formula is C16H27N5OS. The van der Waals surface area contributed by atoms with E-state index in [-0.39, 0.29) is 0 Å². The Hall–Kier alpha value is -1.18. The molecule has 0 radical (unpaired) electrons. The number of aliphatic imine (C=N–C) groups is 1. The Morgan fingerprint density at radius 3 is 2.96 bits per heavy atom. The van der Waals surface area contributed by atoms with Crippen molar-refractivity contribution in [1.82, 2.24) is 20.1 Å². The third-order valence-electron chi connectivity index (χ3n) is 4.57. The number of thiazole rings is 1. The molecule has 7 heteroatoms. The van der Waals surface area contributed by atoms with Crippen LogP contribution in [0.25, 0.3) is 0 Å². The van der Waals surface area contributed by atoms with Gasteiger partial charge in [0.15, 0.2) is 5.96 Å². The molecule has 128 valence electrons. The van der Waals surface area contributed by atoms with Crippen LogP contribution >= 0.6 is 11.3 Å². The second-order valence-electron chi connectivity index (χ2n) is 6.02. The van der Waals surface area contributed by atoms with E-state index in [1.807, 2.05) is 7.05 Å². The molecule has 1 aromatic rings. The predicted octanol–water partition coefficient (Wildman–Crippen LogP) is 1.19. The number of aryl methyl sites for hydroxylation is 1. The van der Waals surface area contributed by atoms with E-state index in [4.69, 9.17) is 4.74 Å². The van der Waals surface area contributed by atoms with Crippen LogP contribution in [0.4, 0.5) is 0 Å². The van der Waals surface area contributed by atoms with Crippen molar-refractivity contribution >= 4 is 17.3 Å². The van der Waals surface area contributed by atoms with Crippen LogP contribution in [0.5, 0.6) is 0 Å². The summed E-state index contributed by atoms with van der Waals surface area (Å²) >= 11 is 1.74. The Morgan fingerprint density at radius 2 is 2.26 bits per heavy atom. The minimum atomic E-state index is 0.628. The summed E-state index contributed by atoms with van der Waals surface area (Å²) < 4.78 is 5.46. The van der Waals surface area contributed by atoms with E-state index < -0.39 is 0 Å². The monoisotopic (exact) mass is 337 g/mol. The first-order chi connectivity index (χ1) is 11.3. The summed E-state index contributed by atoms with van der Waals surface area (Å²) in [5, 5.41) is 6.80. The molecule has 0 aliphatic carbocycles. The number of nitrogens with zero attached hydrogens (tertiary/aromatic N) is 4. The van der Waals surface area contributed by atoms with Crippen molar-refractivity contribution in [3.63, 3.8) is 0 Å². The van der Waals surface area contributed by atoms with E-state index in [1.54, 1.807) is 11.3 Å². The molecule has 2 aliphatic rings. The van der Waals surface area contributed by atoms with Gasteiger partial charge in [-0.2, -0.15) is 0 Å². The highest BCUT2D eigenvalue weighted by molar-refractivity contribution is 7.09. The third kappa shape index (κ3) is 4.22. The summed E-state index contributed by atoms with van der Waals surface area (Å²) in [4.78, 5) is 14.0. The maximum Gasteiger partial charge on any atom is 0.194 e. The minimum absolute atomic E-state index is 0.628. The average molecular weight is 337 g/mol. The van der Waals surface area contributed by atoms with Gasteiger partial charge in [0.25, 0.3) is 0 Å². The fourth-order valence-corrected chi connectivity index (χ4v) is 4.01. The van der Waals surface area contributed by atoms with Gasteiger partial charge in [0.05, 0.1) is 30.5 Å². The van der Waals surface area contributed by atoms with E-state index in [9.17, 15) is 0 Å². The molecule has 1 atom stereocenters. The molecule has 23 heavy (non-hydrogen) atoms. The molecule has 2 aliphatic heterocycles. The number of aromatic nitrogens is 1. The van der Waals surface area contributed by atoms with Crippen LogP contribution in [0.2, 0.25) is 0 Å². The fraction of sp³-hybridized carbons (Fsp3) is 0.750. The lowest BCUT2D eigenvalue weighted by Gasteiger charge is -2.32. The highest BCUT2D eigenvalue weighted by Gasteiger charge is 2.30. The number of likely N-dealkylation sites (tertiary alicyclic amines) is 1. The van der Waals surface area contributed by atoms with Crippen LogP contribution in [0.3, 0.4) is 0 Å². The highest BCUT2D eigenvalue weighted by atomic mass is 32.1. The SMILES string of the molecule is CCc1nc(CNC(=NC)N2CCC(N3CCOCC3)C2)cs1. The molecule has 2 saturated heterocycles. The lowest BCUT2D eigenvalue weighted by atomic mass is 10.2. The molecule has 0 spiro atoms. The predicted molar refractivity (Wildman–Crippen MR) is 94.1 cm³/mol. The zero-order valence-corrected chi connectivity index (χ0v) is 14.9. The highest BCUT2D eigenvalue weighted by Crippen LogP contribution is 2.17. The van der Waals surface area contributed by atoms with Crippen LogP contribution in [0.15, 0.2) is 10.4 Å². The zero-order valence-electron chi connectivity index (χ0n) is 14.1. The second kappa shape index (κ2) is 8.08. The van der Waals surface area contributed by atoms with Gasteiger partial charge in [0.2, 0.25) is 0 Å². The molecule has 0 bridgehead atoms. The molecule has 1 N–H and O–H groups in total. The number of guanidine groups is 1. The molecule has 6 nitrogen and oxygen atoms in total. The first-order valence-electron chi connectivity index (χ1n) is 8.50. The van der Waals surface area contributed by atoms with Crippen LogP contribution in [0.1, 0.15) is 24.0 Å². The lowest BCUT2D eigenvalue weighted by molar-refractivity contribution is 0.0195. The van der Waals surface area contributed by atoms with Gasteiger partial charge in [-0.3, -0.25) is 9.89 Å². The van der Waals surface area contributed by atoms with Crippen molar-refractivity contribution < 1.29 is 4.74 Å². The number of ether oxygens (including phenoxy) is 1. The van der Waals surface area contributed by atoms with Crippen LogP contribution < -0.4 is 5.32 Å². The van der Waals surface area contributed by atoms with Crippen molar-refractivity contribution in [2.45, 2.75) is 32.4 Å². The average Bonchev–Trinajstić information content (AvgIpc) is 3.26. The van der Waals surface area contributed by atoms with E-state index in [0.29, 0.717) is 6.04 Å². The third-order valence-corrected chi connectivity index (χ3v) is 5.61. The Kier molecular flexibility index (Phi) is 5.85. The Labute approximate surface area is 142 Å². The molecule has 3 rings (SSSR count). The van der Waals surface area contributed by atoms with Crippen LogP contribution in [-0.2, 0) is 17.7 Å². The Morgan fingerprint density at radius 1 is 1.43 bits per heavy atom. The van der Waals surface area contributed by atoms with Gasteiger partial charge in [0.1, 0.15) is 0 Å². The number of nitrogens with one attached hydrogen (secondary N) is 1. The number of hydrogen-bond donors (Lipinski definition) is 1. The quantitative estimate of drug-likeness (QED) is 0.661. The van der Waals surface area contributed by atoms with E-state index in [2.05, 4.69) is 37.4 Å². The van der Waals surface area contributed by atoms with Gasteiger partial charge in [-0.15, -0.1) is 11.3 Å². The second-order valence-corrected chi connectivity index (χ2v) is 6.97. The van der Waals surface area contributed by atoms with Crippen molar-refractivity contribution in [1.29, 1.82) is 0 Å². The first kappa shape index (κ1) is 16.7. The van der Waals surface area contributed by atoms with Gasteiger partial charge in [0, 0.05) is 44.6 Å². The maximum absolute atomic E-state index is 5.46. The normalized spacial score (nSPS) is 23.5. The van der Waals surface area contributed by atoms with E-state index >= 15 is 0 Å². The smallest absolute Gasteiger partial charge is 0.194 e. The number of hydrogen-bond acceptors (Lipinski definition) is 5. The minimum Gasteiger partial charge on any atom is -0.379 e. The molecule has 1 aromatic heterocycles. The van der Waals surface area contributed by atoms with Crippen molar-refractivity contribution in [2.75, 3.05) is 46.4 Å². The number of rotatable bonds is 4. The molecule has 0 aromatic carbocycles. The van der Waals surface area contributed by atoms with Crippen molar-refractivity contribution in [2.24, 2.45) is 4.99 Å². The summed E-state index contributed by atoms with van der Waals surface area (Å²) in [6, 6.07) is 0.628. The van der Waals surface area contributed by atoms with Gasteiger partial charge < -0.3 is 15.0 Å². The maximum atomic E-state index is 5.46. The molecule has 3 heterocycles. The molecule has 1 unspecified atom stereocenters. The molecule has 0 amide bonds. The summed E-state index contributed by atoms with van der Waals surface area (Å²) in [5.41, 5.74) is 1.11. The summed E-state index contributed by atoms with van der Waals surface area (Å²) in [6.07, 6.45) is 2.21. The van der Waals surface area contributed by atoms with Crippen LogP contribution in [-0.4, -0.2) is 73.2 Å². The Balaban J connectivity index is 1.50. The summed E-state index contributed by atoms with van der Waals surface area (Å²) in [7, 11) is 1.86. The molecule has 0 saturated carbocycles. The lowest BCUT2D eigenvalue weighted by Crippen LogP contribution is -2.46. The number of morpholine rings is 1. The fourth-order valence-electron chi connectivity index (χ4n) is 3.27. The summed E-state index contributed by atoms with van der Waals surface area (Å²) in [5.74, 6) is 0.992. The first-order valence-corrected chi connectivity index (χ1v) is 9.38. The van der Waals surface area contributed by atoms with Gasteiger partial charge in [-0.1, -0.05) is 6.92 Å². The van der Waals surface area contributed by atoms with Crippen molar-refractivity contribution in [3.8, 4) is 0 Å². The Bertz CT molecular complexity index is 526. The van der Waals surface area contributed by atoms with E-state index in [0.717, 1.165) is 64.0 Å². The standard InChI is InChI=1S/C16H27N5OS/c1-3-15-19-13(12-23-15)10-18-16(17-2)21-5-4-14(11-21)20-6-8-22-9-7-20/h12,14H,3-11H2,1-2H3,(H,17,18). The topological polar surface area (TPSA) is 53.0 Å². The summed E-state index contributed by atoms with van der Waals surface area (Å²) in [6.45, 7) is 8.87. The molecular weight excluding hydrogens is 310 g/mol. The molecule has 2 fully saturated rings. The van der Waals surface area contributed by atoms with Gasteiger partial charge in [-0.05, 0) is 12.8 Å². The zero-order chi connectivity index (χ0) is 16.1. The van der Waals surface area contributed by atoms with Crippen LogP contribution in [0, 0.1) is 0 Å².